The third kappa shape index (κ3) is 2.49. The van der Waals surface area contributed by atoms with Crippen LogP contribution in [0.5, 0.6) is 0 Å². The van der Waals surface area contributed by atoms with Gasteiger partial charge in [-0.05, 0) is 23.8 Å². The van der Waals surface area contributed by atoms with E-state index in [4.69, 9.17) is 0 Å². The van der Waals surface area contributed by atoms with Crippen LogP contribution in [0, 0.1) is 0 Å². The molecule has 10 heteroatoms. The number of aryl methyl sites for hydroxylation is 2. The van der Waals surface area contributed by atoms with Gasteiger partial charge in [-0.1, -0.05) is 28.1 Å². The van der Waals surface area contributed by atoms with Crippen LogP contribution in [-0.2, 0) is 28.2 Å². The lowest BCUT2D eigenvalue weighted by atomic mass is 10.0. The number of halogens is 1. The summed E-state index contributed by atoms with van der Waals surface area (Å²) in [6.45, 7) is 0. The summed E-state index contributed by atoms with van der Waals surface area (Å²) in [5.41, 5.74) is 1.21. The van der Waals surface area contributed by atoms with E-state index in [2.05, 4.69) is 15.9 Å². The fourth-order valence-corrected chi connectivity index (χ4v) is 4.55. The minimum absolute atomic E-state index is 0.290. The van der Waals surface area contributed by atoms with Crippen molar-refractivity contribution in [3.63, 3.8) is 0 Å². The van der Waals surface area contributed by atoms with Gasteiger partial charge in [-0.2, -0.15) is 0 Å². The SMILES string of the molecule is Cn1c(=O)c2c(-c3ccc(Br)cc3)c3cc4c(c(=O)n(C)c(=O)n4C)n3cc2n(C)c1=O. The fraction of sp³-hybridized carbons (Fsp3) is 0.182. The third-order valence-corrected chi connectivity index (χ3v) is 6.59. The van der Waals surface area contributed by atoms with E-state index >= 15 is 0 Å². The van der Waals surface area contributed by atoms with E-state index in [1.165, 1.54) is 23.2 Å². The first-order chi connectivity index (χ1) is 15.1. The summed E-state index contributed by atoms with van der Waals surface area (Å²) in [6, 6.07) is 9.17. The topological polar surface area (TPSA) is 92.4 Å². The molecule has 162 valence electrons. The van der Waals surface area contributed by atoms with E-state index in [1.54, 1.807) is 30.8 Å². The maximum atomic E-state index is 13.3. The minimum Gasteiger partial charge on any atom is -0.308 e. The molecule has 32 heavy (non-hydrogen) atoms. The number of pyridine rings is 1. The molecule has 0 unspecified atom stereocenters. The van der Waals surface area contributed by atoms with E-state index in [9.17, 15) is 19.2 Å². The Balaban J connectivity index is 2.20. The number of hydrogen-bond acceptors (Lipinski definition) is 4. The van der Waals surface area contributed by atoms with Gasteiger partial charge in [0, 0.05) is 44.4 Å². The van der Waals surface area contributed by atoms with Crippen molar-refractivity contribution >= 4 is 43.4 Å². The fourth-order valence-electron chi connectivity index (χ4n) is 4.29. The van der Waals surface area contributed by atoms with Crippen LogP contribution in [0.15, 0.2) is 60.2 Å². The molecule has 1 aromatic carbocycles. The van der Waals surface area contributed by atoms with Crippen molar-refractivity contribution in [2.45, 2.75) is 0 Å². The van der Waals surface area contributed by atoms with Gasteiger partial charge in [0.05, 0.1) is 21.9 Å². The number of aromatic nitrogens is 5. The lowest BCUT2D eigenvalue weighted by molar-refractivity contribution is 0.709. The van der Waals surface area contributed by atoms with Crippen LogP contribution in [0.1, 0.15) is 0 Å². The summed E-state index contributed by atoms with van der Waals surface area (Å²) in [4.78, 5) is 51.5. The molecule has 5 rings (SSSR count). The molecule has 0 aliphatic rings. The van der Waals surface area contributed by atoms with Crippen molar-refractivity contribution in [3.05, 3.63) is 82.7 Å². The van der Waals surface area contributed by atoms with Crippen molar-refractivity contribution in [3.8, 4) is 11.1 Å². The van der Waals surface area contributed by atoms with Gasteiger partial charge >= 0.3 is 11.4 Å². The highest BCUT2D eigenvalue weighted by molar-refractivity contribution is 9.10. The molecule has 5 aromatic rings. The van der Waals surface area contributed by atoms with Gasteiger partial charge < -0.3 is 4.40 Å². The summed E-state index contributed by atoms with van der Waals surface area (Å²) < 4.78 is 7.43. The molecule has 0 saturated carbocycles. The molecular formula is C22H18BrN5O4. The molecular weight excluding hydrogens is 478 g/mol. The zero-order valence-corrected chi connectivity index (χ0v) is 19.3. The molecule has 9 nitrogen and oxygen atoms in total. The van der Waals surface area contributed by atoms with Gasteiger partial charge in [0.2, 0.25) is 0 Å². The van der Waals surface area contributed by atoms with Gasteiger partial charge in [0.1, 0.15) is 5.52 Å². The molecule has 0 bridgehead atoms. The van der Waals surface area contributed by atoms with Crippen LogP contribution in [0.3, 0.4) is 0 Å². The molecule has 0 N–H and O–H groups in total. The summed E-state index contributed by atoms with van der Waals surface area (Å²) in [6.07, 6.45) is 1.62. The second-order valence-electron chi connectivity index (χ2n) is 7.82. The number of rotatable bonds is 1. The first-order valence-electron chi connectivity index (χ1n) is 9.73. The first kappa shape index (κ1) is 20.3. The molecule has 4 aromatic heterocycles. The summed E-state index contributed by atoms with van der Waals surface area (Å²) in [5.74, 6) is 0. The largest absolute Gasteiger partial charge is 0.331 e. The van der Waals surface area contributed by atoms with Gasteiger partial charge in [0.25, 0.3) is 11.1 Å². The quantitative estimate of drug-likeness (QED) is 0.352. The van der Waals surface area contributed by atoms with Gasteiger partial charge in [-0.3, -0.25) is 27.9 Å². The zero-order chi connectivity index (χ0) is 23.1. The smallest absolute Gasteiger partial charge is 0.308 e. The molecule has 0 aliphatic carbocycles. The van der Waals surface area contributed by atoms with Crippen molar-refractivity contribution < 1.29 is 0 Å². The molecule has 0 fully saturated rings. The Kier molecular flexibility index (Phi) is 4.22. The first-order valence-corrected chi connectivity index (χ1v) is 10.5. The van der Waals surface area contributed by atoms with Gasteiger partial charge in [0.15, 0.2) is 0 Å². The van der Waals surface area contributed by atoms with Crippen molar-refractivity contribution in [2.75, 3.05) is 0 Å². The lowest BCUT2D eigenvalue weighted by Gasteiger charge is -2.14. The monoisotopic (exact) mass is 495 g/mol. The lowest BCUT2D eigenvalue weighted by Crippen LogP contribution is -2.37. The Hall–Kier alpha value is -3.66. The second kappa shape index (κ2) is 6.67. The van der Waals surface area contributed by atoms with Crippen LogP contribution >= 0.6 is 15.9 Å². The second-order valence-corrected chi connectivity index (χ2v) is 8.73. The Bertz CT molecular complexity index is 1850. The highest BCUT2D eigenvalue weighted by Crippen LogP contribution is 2.34. The molecule has 4 heterocycles. The standard InChI is InChI=1S/C22H18BrN5O4/c1-24-14-9-13-16(11-5-7-12(23)8-6-11)17-15(25(2)22(32)26(3)19(17)29)10-28(13)18(14)20(30)27(4)21(24)31/h5-10H,1-4H3. The van der Waals surface area contributed by atoms with Crippen LogP contribution in [0.25, 0.3) is 38.6 Å². The average molecular weight is 496 g/mol. The van der Waals surface area contributed by atoms with Crippen molar-refractivity contribution in [2.24, 2.45) is 28.2 Å². The highest BCUT2D eigenvalue weighted by atomic mass is 79.9. The van der Waals surface area contributed by atoms with Crippen LogP contribution < -0.4 is 22.5 Å². The number of benzene rings is 1. The van der Waals surface area contributed by atoms with Crippen molar-refractivity contribution in [1.82, 2.24) is 22.7 Å². The Morgan fingerprint density at radius 1 is 0.688 bits per heavy atom. The molecule has 0 spiro atoms. The predicted octanol–water partition coefficient (Wildman–Crippen LogP) is 1.47. The third-order valence-electron chi connectivity index (χ3n) is 6.06. The van der Waals surface area contributed by atoms with Crippen LogP contribution in [0.2, 0.25) is 0 Å². The van der Waals surface area contributed by atoms with E-state index in [1.807, 2.05) is 24.3 Å². The van der Waals surface area contributed by atoms with Crippen LogP contribution in [-0.4, -0.2) is 22.7 Å². The molecule has 0 aliphatic heterocycles. The minimum atomic E-state index is -0.472. The predicted molar refractivity (Wildman–Crippen MR) is 127 cm³/mol. The van der Waals surface area contributed by atoms with Gasteiger partial charge in [-0.15, -0.1) is 0 Å². The normalized spacial score (nSPS) is 11.8. The summed E-state index contributed by atoms with van der Waals surface area (Å²) in [5, 5.41) is 0.356. The Morgan fingerprint density at radius 2 is 1.25 bits per heavy atom. The molecule has 0 radical (unpaired) electrons. The summed E-state index contributed by atoms with van der Waals surface area (Å²) >= 11 is 3.43. The summed E-state index contributed by atoms with van der Waals surface area (Å²) in [7, 11) is 6.04. The number of hydrogen-bond donors (Lipinski definition) is 0. The van der Waals surface area contributed by atoms with Crippen LogP contribution in [0.4, 0.5) is 0 Å². The molecule has 0 saturated heterocycles. The number of fused-ring (bicyclic) bond motifs is 4. The molecule has 0 atom stereocenters. The zero-order valence-electron chi connectivity index (χ0n) is 17.7. The maximum absolute atomic E-state index is 13.3. The van der Waals surface area contributed by atoms with E-state index < -0.39 is 22.5 Å². The number of nitrogens with zero attached hydrogens (tertiary/aromatic N) is 5. The Morgan fingerprint density at radius 3 is 1.88 bits per heavy atom. The maximum Gasteiger partial charge on any atom is 0.331 e. The van der Waals surface area contributed by atoms with E-state index in [0.29, 0.717) is 27.5 Å². The van der Waals surface area contributed by atoms with E-state index in [0.717, 1.165) is 19.2 Å². The average Bonchev–Trinajstić information content (AvgIpc) is 3.17. The van der Waals surface area contributed by atoms with Crippen molar-refractivity contribution in [1.29, 1.82) is 0 Å². The van der Waals surface area contributed by atoms with E-state index in [-0.39, 0.29) is 5.52 Å². The Labute approximate surface area is 188 Å². The highest BCUT2D eigenvalue weighted by Gasteiger charge is 2.22. The molecule has 0 amide bonds. The van der Waals surface area contributed by atoms with Gasteiger partial charge in [-0.25, -0.2) is 9.59 Å².